The van der Waals surface area contributed by atoms with Gasteiger partial charge in [-0.05, 0) is 92.3 Å². The molecule has 21 heavy (non-hydrogen) atoms. The predicted octanol–water partition coefficient (Wildman–Crippen LogP) is 3.75. The van der Waals surface area contributed by atoms with Crippen LogP contribution < -0.4 is 0 Å². The maximum absolute atomic E-state index is 10.3. The molecule has 0 aromatic heterocycles. The molecule has 4 fully saturated rings. The molecule has 0 amide bonds. The Balaban J connectivity index is 1.65. The molecule has 2 heteroatoms. The third-order valence-corrected chi connectivity index (χ3v) is 8.41. The van der Waals surface area contributed by atoms with E-state index >= 15 is 0 Å². The third-order valence-electron chi connectivity index (χ3n) is 8.41. The molecule has 120 valence electrons. The molecule has 0 heterocycles. The number of hydrogen-bond donors (Lipinski definition) is 2. The summed E-state index contributed by atoms with van der Waals surface area (Å²) in [5.41, 5.74) is 0.769. The van der Waals surface area contributed by atoms with E-state index in [-0.39, 0.29) is 11.5 Å². The Morgan fingerprint density at radius 1 is 0.952 bits per heavy atom. The van der Waals surface area contributed by atoms with Gasteiger partial charge in [0.25, 0.3) is 0 Å². The van der Waals surface area contributed by atoms with Crippen LogP contribution >= 0.6 is 0 Å². The maximum atomic E-state index is 10.3. The van der Waals surface area contributed by atoms with Crippen LogP contribution in [0.3, 0.4) is 0 Å². The van der Waals surface area contributed by atoms with Crippen LogP contribution in [0, 0.1) is 34.5 Å². The number of aliphatic hydroxyl groups is 2. The molecular weight excluding hydrogens is 260 g/mol. The van der Waals surface area contributed by atoms with E-state index in [1.807, 2.05) is 0 Å². The van der Waals surface area contributed by atoms with Crippen molar-refractivity contribution >= 4 is 0 Å². The number of rotatable bonds is 1. The van der Waals surface area contributed by atoms with E-state index in [1.165, 1.54) is 44.9 Å². The fraction of sp³-hybridized carbons (Fsp3) is 1.00. The van der Waals surface area contributed by atoms with Crippen molar-refractivity contribution < 1.29 is 10.2 Å². The molecule has 4 aliphatic carbocycles. The minimum Gasteiger partial charge on any atom is -0.396 e. The first kappa shape index (κ1) is 14.5. The van der Waals surface area contributed by atoms with E-state index in [4.69, 9.17) is 0 Å². The Labute approximate surface area is 129 Å². The highest BCUT2D eigenvalue weighted by Crippen LogP contribution is 2.66. The topological polar surface area (TPSA) is 40.5 Å². The molecule has 0 aliphatic heterocycles. The summed E-state index contributed by atoms with van der Waals surface area (Å²) in [6.07, 6.45) is 12.5. The van der Waals surface area contributed by atoms with Crippen molar-refractivity contribution in [1.82, 2.24) is 0 Å². The standard InChI is InChI=1S/C19H32O2/c1-18-8-2-3-16(18)15-5-4-13-11-14(21)6-10-19(13,12-20)17(15)7-9-18/h13-17,20-21H,2-12H2,1H3/t13-,14+,15-,16-,17-,18-,19+/m0/s1. The van der Waals surface area contributed by atoms with E-state index in [0.29, 0.717) is 17.9 Å². The van der Waals surface area contributed by atoms with Crippen LogP contribution in [0.1, 0.15) is 71.1 Å². The first-order valence-corrected chi connectivity index (χ1v) is 9.38. The van der Waals surface area contributed by atoms with Crippen molar-refractivity contribution in [3.63, 3.8) is 0 Å². The Kier molecular flexibility index (Phi) is 3.43. The van der Waals surface area contributed by atoms with Gasteiger partial charge < -0.3 is 10.2 Å². The van der Waals surface area contributed by atoms with Gasteiger partial charge in [-0.2, -0.15) is 0 Å². The fourth-order valence-electron chi connectivity index (χ4n) is 7.33. The second-order valence-electron chi connectivity index (χ2n) is 9.06. The van der Waals surface area contributed by atoms with Gasteiger partial charge in [0, 0.05) is 6.61 Å². The first-order chi connectivity index (χ1) is 10.1. The Bertz CT molecular complexity index is 408. The number of aliphatic hydroxyl groups excluding tert-OH is 2. The van der Waals surface area contributed by atoms with Crippen molar-refractivity contribution in [3.8, 4) is 0 Å². The van der Waals surface area contributed by atoms with Gasteiger partial charge in [-0.25, -0.2) is 0 Å². The smallest absolute Gasteiger partial charge is 0.0543 e. The Morgan fingerprint density at radius 3 is 2.62 bits per heavy atom. The summed E-state index contributed by atoms with van der Waals surface area (Å²) in [4.78, 5) is 0. The van der Waals surface area contributed by atoms with Crippen LogP contribution in [0.15, 0.2) is 0 Å². The molecule has 2 N–H and O–H groups in total. The SMILES string of the molecule is C[C@@]12CCC[C@H]1[C@@H]1CC[C@H]3C[C@H](O)CC[C@]3(CO)[C@H]1CC2. The molecule has 4 saturated carbocycles. The van der Waals surface area contributed by atoms with Gasteiger partial charge in [-0.15, -0.1) is 0 Å². The second kappa shape index (κ2) is 4.96. The normalized spacial score (nSPS) is 56.4. The van der Waals surface area contributed by atoms with Crippen LogP contribution in [0.2, 0.25) is 0 Å². The fourth-order valence-corrected chi connectivity index (χ4v) is 7.33. The average molecular weight is 292 g/mol. The van der Waals surface area contributed by atoms with Crippen LogP contribution in [0.25, 0.3) is 0 Å². The van der Waals surface area contributed by atoms with Crippen molar-refractivity contribution in [2.75, 3.05) is 6.61 Å². The van der Waals surface area contributed by atoms with E-state index in [0.717, 1.165) is 37.0 Å². The summed E-state index contributed by atoms with van der Waals surface area (Å²) in [6.45, 7) is 2.91. The third kappa shape index (κ3) is 1.97. The summed E-state index contributed by atoms with van der Waals surface area (Å²) in [5, 5.41) is 20.4. The van der Waals surface area contributed by atoms with Crippen molar-refractivity contribution in [2.45, 2.75) is 77.2 Å². The molecule has 4 rings (SSSR count). The number of hydrogen-bond acceptors (Lipinski definition) is 2. The van der Waals surface area contributed by atoms with Gasteiger partial charge >= 0.3 is 0 Å². The van der Waals surface area contributed by atoms with E-state index in [1.54, 1.807) is 0 Å². The molecule has 0 spiro atoms. The Morgan fingerprint density at radius 2 is 1.81 bits per heavy atom. The van der Waals surface area contributed by atoms with Gasteiger partial charge in [0.15, 0.2) is 0 Å². The lowest BCUT2D eigenvalue weighted by atomic mass is 9.45. The van der Waals surface area contributed by atoms with Crippen LogP contribution in [0.4, 0.5) is 0 Å². The highest BCUT2D eigenvalue weighted by Gasteiger charge is 2.59. The molecule has 0 saturated heterocycles. The lowest BCUT2D eigenvalue weighted by Gasteiger charge is -2.61. The van der Waals surface area contributed by atoms with E-state index in [9.17, 15) is 10.2 Å². The van der Waals surface area contributed by atoms with Crippen molar-refractivity contribution in [2.24, 2.45) is 34.5 Å². The monoisotopic (exact) mass is 292 g/mol. The van der Waals surface area contributed by atoms with Gasteiger partial charge in [0.1, 0.15) is 0 Å². The summed E-state index contributed by atoms with van der Waals surface area (Å²) >= 11 is 0. The lowest BCUT2D eigenvalue weighted by Crippen LogP contribution is -2.56. The molecule has 0 bridgehead atoms. The average Bonchev–Trinajstić information content (AvgIpc) is 2.88. The zero-order valence-electron chi connectivity index (χ0n) is 13.6. The molecule has 2 nitrogen and oxygen atoms in total. The highest BCUT2D eigenvalue weighted by atomic mass is 16.3. The minimum absolute atomic E-state index is 0.105. The highest BCUT2D eigenvalue weighted by molar-refractivity contribution is 5.08. The molecule has 0 aromatic carbocycles. The summed E-state index contributed by atoms with van der Waals surface area (Å²) < 4.78 is 0. The van der Waals surface area contributed by atoms with Crippen LogP contribution in [-0.4, -0.2) is 22.9 Å². The molecule has 0 unspecified atom stereocenters. The molecule has 4 aliphatic rings. The van der Waals surface area contributed by atoms with Crippen LogP contribution in [0.5, 0.6) is 0 Å². The van der Waals surface area contributed by atoms with E-state index in [2.05, 4.69) is 6.92 Å². The number of fused-ring (bicyclic) bond motifs is 5. The second-order valence-corrected chi connectivity index (χ2v) is 9.06. The maximum Gasteiger partial charge on any atom is 0.0543 e. The summed E-state index contributed by atoms with van der Waals surface area (Å²) in [6, 6.07) is 0. The quantitative estimate of drug-likeness (QED) is 0.772. The van der Waals surface area contributed by atoms with E-state index < -0.39 is 0 Å². The summed E-state index contributed by atoms with van der Waals surface area (Å²) in [7, 11) is 0. The Hall–Kier alpha value is -0.0800. The molecule has 7 atom stereocenters. The van der Waals surface area contributed by atoms with Crippen LogP contribution in [-0.2, 0) is 0 Å². The largest absolute Gasteiger partial charge is 0.396 e. The van der Waals surface area contributed by atoms with Crippen molar-refractivity contribution in [1.29, 1.82) is 0 Å². The van der Waals surface area contributed by atoms with Crippen molar-refractivity contribution in [3.05, 3.63) is 0 Å². The predicted molar refractivity (Wildman–Crippen MR) is 83.8 cm³/mol. The van der Waals surface area contributed by atoms with Gasteiger partial charge in [-0.1, -0.05) is 13.3 Å². The van der Waals surface area contributed by atoms with Gasteiger partial charge in [-0.3, -0.25) is 0 Å². The van der Waals surface area contributed by atoms with Gasteiger partial charge in [0.2, 0.25) is 0 Å². The molecule has 0 aromatic rings. The zero-order chi connectivity index (χ0) is 14.7. The van der Waals surface area contributed by atoms with Gasteiger partial charge in [0.05, 0.1) is 6.10 Å². The lowest BCUT2D eigenvalue weighted by molar-refractivity contribution is -0.149. The zero-order valence-corrected chi connectivity index (χ0v) is 13.6. The first-order valence-electron chi connectivity index (χ1n) is 9.38. The molecule has 0 radical (unpaired) electrons. The minimum atomic E-state index is -0.105. The molecular formula is C19H32O2. The summed E-state index contributed by atoms with van der Waals surface area (Å²) in [5.74, 6) is 3.11.